The standard InChI is InChI=1S/C12H15BrClFN2O2S/c1-7-2-4-17(5-3-7)20(18,19)9-6-8(14)10(13)12(16)11(9)15/h6-7H,2-5,16H2,1H3. The van der Waals surface area contributed by atoms with Gasteiger partial charge in [0.15, 0.2) is 5.82 Å². The number of hydrogen-bond acceptors (Lipinski definition) is 3. The highest BCUT2D eigenvalue weighted by Crippen LogP contribution is 2.36. The highest BCUT2D eigenvalue weighted by atomic mass is 79.9. The van der Waals surface area contributed by atoms with Crippen molar-refractivity contribution in [2.45, 2.75) is 24.7 Å². The van der Waals surface area contributed by atoms with Gasteiger partial charge in [0, 0.05) is 13.1 Å². The number of benzene rings is 1. The topological polar surface area (TPSA) is 63.4 Å². The Hall–Kier alpha value is -0.370. The van der Waals surface area contributed by atoms with E-state index >= 15 is 0 Å². The summed E-state index contributed by atoms with van der Waals surface area (Å²) in [5.41, 5.74) is 5.25. The van der Waals surface area contributed by atoms with E-state index in [0.29, 0.717) is 19.0 Å². The number of nitrogen functional groups attached to an aromatic ring is 1. The average molecular weight is 386 g/mol. The van der Waals surface area contributed by atoms with E-state index in [1.807, 2.05) is 0 Å². The number of nitrogens with two attached hydrogens (primary N) is 1. The molecule has 0 saturated carbocycles. The second kappa shape index (κ2) is 5.79. The van der Waals surface area contributed by atoms with Crippen molar-refractivity contribution in [3.63, 3.8) is 0 Å². The van der Waals surface area contributed by atoms with Gasteiger partial charge in [0.05, 0.1) is 15.2 Å². The smallest absolute Gasteiger partial charge is 0.246 e. The molecule has 4 nitrogen and oxygen atoms in total. The summed E-state index contributed by atoms with van der Waals surface area (Å²) in [5, 5.41) is 0.0767. The number of hydrogen-bond donors (Lipinski definition) is 1. The molecule has 1 aromatic rings. The summed E-state index contributed by atoms with van der Waals surface area (Å²) in [5.74, 6) is -0.482. The number of halogens is 3. The van der Waals surface area contributed by atoms with Gasteiger partial charge >= 0.3 is 0 Å². The molecule has 0 amide bonds. The fraction of sp³-hybridized carbons (Fsp3) is 0.500. The third-order valence-corrected chi connectivity index (χ3v) is 6.80. The van der Waals surface area contributed by atoms with Gasteiger partial charge in [0.25, 0.3) is 0 Å². The molecule has 8 heteroatoms. The molecular formula is C12H15BrClFN2O2S. The number of rotatable bonds is 2. The van der Waals surface area contributed by atoms with E-state index in [4.69, 9.17) is 17.3 Å². The van der Waals surface area contributed by atoms with E-state index in [-0.39, 0.29) is 15.2 Å². The number of nitrogens with zero attached hydrogens (tertiary/aromatic N) is 1. The van der Waals surface area contributed by atoms with Gasteiger partial charge in [-0.2, -0.15) is 4.31 Å². The molecule has 1 aromatic carbocycles. The van der Waals surface area contributed by atoms with Crippen LogP contribution in [-0.2, 0) is 10.0 Å². The predicted octanol–water partition coefficient (Wildman–Crippen LogP) is 3.24. The van der Waals surface area contributed by atoms with Crippen molar-refractivity contribution in [2.75, 3.05) is 18.8 Å². The minimum atomic E-state index is -3.90. The Morgan fingerprint density at radius 2 is 2.00 bits per heavy atom. The summed E-state index contributed by atoms with van der Waals surface area (Å²) in [6.07, 6.45) is 1.53. The maximum absolute atomic E-state index is 14.2. The Balaban J connectivity index is 2.45. The Bertz CT molecular complexity index is 631. The van der Waals surface area contributed by atoms with E-state index in [9.17, 15) is 12.8 Å². The largest absolute Gasteiger partial charge is 0.395 e. The quantitative estimate of drug-likeness (QED) is 0.628. The number of anilines is 1. The van der Waals surface area contributed by atoms with Gasteiger partial charge in [-0.25, -0.2) is 12.8 Å². The Morgan fingerprint density at radius 3 is 2.55 bits per heavy atom. The second-order valence-electron chi connectivity index (χ2n) is 4.98. The van der Waals surface area contributed by atoms with Crippen LogP contribution >= 0.6 is 27.5 Å². The molecular weight excluding hydrogens is 371 g/mol. The molecule has 1 heterocycles. The molecule has 0 radical (unpaired) electrons. The van der Waals surface area contributed by atoms with Crippen LogP contribution in [0.25, 0.3) is 0 Å². The highest BCUT2D eigenvalue weighted by molar-refractivity contribution is 9.10. The molecule has 2 N–H and O–H groups in total. The van der Waals surface area contributed by atoms with E-state index in [2.05, 4.69) is 22.9 Å². The zero-order valence-corrected chi connectivity index (χ0v) is 14.0. The van der Waals surface area contributed by atoms with Crippen LogP contribution in [0.1, 0.15) is 19.8 Å². The molecule has 112 valence electrons. The molecule has 0 spiro atoms. The van der Waals surface area contributed by atoms with Crippen LogP contribution < -0.4 is 5.73 Å². The van der Waals surface area contributed by atoms with E-state index in [1.54, 1.807) is 0 Å². The Kier molecular flexibility index (Phi) is 4.63. The van der Waals surface area contributed by atoms with E-state index in [0.717, 1.165) is 18.9 Å². The zero-order chi connectivity index (χ0) is 15.1. The van der Waals surface area contributed by atoms with Crippen molar-refractivity contribution in [3.8, 4) is 0 Å². The van der Waals surface area contributed by atoms with Crippen molar-refractivity contribution >= 4 is 43.2 Å². The third-order valence-electron chi connectivity index (χ3n) is 3.52. The summed E-state index contributed by atoms with van der Waals surface area (Å²) in [4.78, 5) is -0.460. The van der Waals surface area contributed by atoms with Crippen molar-refractivity contribution in [2.24, 2.45) is 5.92 Å². The molecule has 1 saturated heterocycles. The average Bonchev–Trinajstić information content (AvgIpc) is 2.41. The summed E-state index contributed by atoms with van der Waals surface area (Å²) in [6.45, 7) is 2.84. The fourth-order valence-electron chi connectivity index (χ4n) is 2.15. The van der Waals surface area contributed by atoms with Crippen molar-refractivity contribution in [1.29, 1.82) is 0 Å². The van der Waals surface area contributed by atoms with Crippen molar-refractivity contribution in [3.05, 3.63) is 21.4 Å². The maximum atomic E-state index is 14.2. The van der Waals surface area contributed by atoms with Crippen LogP contribution in [0.15, 0.2) is 15.4 Å². The lowest BCUT2D eigenvalue weighted by Crippen LogP contribution is -2.38. The van der Waals surface area contributed by atoms with Crippen LogP contribution in [0.2, 0.25) is 5.02 Å². The van der Waals surface area contributed by atoms with Gasteiger partial charge in [-0.05, 0) is 40.8 Å². The lowest BCUT2D eigenvalue weighted by atomic mass is 10.0. The summed E-state index contributed by atoms with van der Waals surface area (Å²) < 4.78 is 40.6. The van der Waals surface area contributed by atoms with Crippen LogP contribution in [0, 0.1) is 11.7 Å². The first-order valence-electron chi connectivity index (χ1n) is 6.18. The summed E-state index contributed by atoms with van der Waals surface area (Å²) in [7, 11) is -3.90. The first-order chi connectivity index (χ1) is 9.25. The Morgan fingerprint density at radius 1 is 1.45 bits per heavy atom. The summed E-state index contributed by atoms with van der Waals surface area (Å²) >= 11 is 8.91. The first-order valence-corrected chi connectivity index (χ1v) is 8.79. The van der Waals surface area contributed by atoms with E-state index < -0.39 is 20.7 Å². The first kappa shape index (κ1) is 16.0. The van der Waals surface area contributed by atoms with Gasteiger partial charge < -0.3 is 5.73 Å². The highest BCUT2D eigenvalue weighted by Gasteiger charge is 2.32. The molecule has 1 fully saturated rings. The third kappa shape index (κ3) is 2.81. The predicted molar refractivity (Wildman–Crippen MR) is 80.7 cm³/mol. The van der Waals surface area contributed by atoms with Gasteiger partial charge in [0.1, 0.15) is 4.90 Å². The fourth-order valence-corrected chi connectivity index (χ4v) is 4.29. The minimum Gasteiger partial charge on any atom is -0.395 e. The van der Waals surface area contributed by atoms with Gasteiger partial charge in [-0.3, -0.25) is 0 Å². The van der Waals surface area contributed by atoms with Crippen LogP contribution in [0.4, 0.5) is 10.1 Å². The number of sulfonamides is 1. The van der Waals surface area contributed by atoms with Crippen LogP contribution in [-0.4, -0.2) is 25.8 Å². The molecule has 0 unspecified atom stereocenters. The second-order valence-corrected chi connectivity index (χ2v) is 8.09. The van der Waals surface area contributed by atoms with Gasteiger partial charge in [0.2, 0.25) is 10.0 Å². The van der Waals surface area contributed by atoms with Gasteiger partial charge in [-0.1, -0.05) is 18.5 Å². The molecule has 1 aliphatic rings. The number of piperidine rings is 1. The zero-order valence-electron chi connectivity index (χ0n) is 10.9. The monoisotopic (exact) mass is 384 g/mol. The minimum absolute atomic E-state index is 0.0767. The van der Waals surface area contributed by atoms with Crippen molar-refractivity contribution < 1.29 is 12.8 Å². The normalized spacial score (nSPS) is 18.4. The SMILES string of the molecule is CC1CCN(S(=O)(=O)c2cc(Cl)c(Br)c(N)c2F)CC1. The molecule has 0 bridgehead atoms. The molecule has 0 aliphatic carbocycles. The van der Waals surface area contributed by atoms with E-state index in [1.165, 1.54) is 4.31 Å². The maximum Gasteiger partial charge on any atom is 0.246 e. The molecule has 0 atom stereocenters. The van der Waals surface area contributed by atoms with Gasteiger partial charge in [-0.15, -0.1) is 0 Å². The molecule has 1 aliphatic heterocycles. The summed E-state index contributed by atoms with van der Waals surface area (Å²) in [6, 6.07) is 1.10. The molecule has 20 heavy (non-hydrogen) atoms. The Labute approximate surface area is 131 Å². The lowest BCUT2D eigenvalue weighted by molar-refractivity contribution is 0.287. The molecule has 0 aromatic heterocycles. The van der Waals surface area contributed by atoms with Crippen LogP contribution in [0.5, 0.6) is 0 Å². The lowest BCUT2D eigenvalue weighted by Gasteiger charge is -2.29. The van der Waals surface area contributed by atoms with Crippen LogP contribution in [0.3, 0.4) is 0 Å². The molecule has 2 rings (SSSR count). The van der Waals surface area contributed by atoms with Crippen molar-refractivity contribution in [1.82, 2.24) is 4.31 Å².